The molecule has 0 radical (unpaired) electrons. The van der Waals surface area contributed by atoms with Gasteiger partial charge in [-0.05, 0) is 31.4 Å². The number of thiazole rings is 1. The van der Waals surface area contributed by atoms with E-state index >= 15 is 0 Å². The van der Waals surface area contributed by atoms with Crippen LogP contribution in [0.5, 0.6) is 0 Å². The quantitative estimate of drug-likeness (QED) is 0.937. The predicted molar refractivity (Wildman–Crippen MR) is 86.8 cm³/mol. The van der Waals surface area contributed by atoms with Crippen molar-refractivity contribution in [3.8, 4) is 0 Å². The van der Waals surface area contributed by atoms with Crippen LogP contribution in [0, 0.1) is 5.41 Å². The van der Waals surface area contributed by atoms with E-state index in [1.807, 2.05) is 24.5 Å². The van der Waals surface area contributed by atoms with Gasteiger partial charge in [0.2, 0.25) is 0 Å². The fraction of sp³-hybridized carbons (Fsp3) is 0.562. The summed E-state index contributed by atoms with van der Waals surface area (Å²) in [6, 6.07) is 2.43. The number of nitrogens with zero attached hydrogens (tertiary/aromatic N) is 2. The summed E-state index contributed by atoms with van der Waals surface area (Å²) in [6.07, 6.45) is 5.75. The molecule has 5 heteroatoms. The van der Waals surface area contributed by atoms with Crippen molar-refractivity contribution >= 4 is 16.5 Å². The van der Waals surface area contributed by atoms with Crippen molar-refractivity contribution in [2.45, 2.75) is 39.3 Å². The summed E-state index contributed by atoms with van der Waals surface area (Å²) in [5.41, 5.74) is 2.76. The maximum Gasteiger partial charge on any atom is 0.185 e. The third-order valence-electron chi connectivity index (χ3n) is 4.11. The Morgan fingerprint density at radius 2 is 2.33 bits per heavy atom. The van der Waals surface area contributed by atoms with Crippen LogP contribution >= 0.6 is 11.3 Å². The molecule has 4 nitrogen and oxygen atoms in total. The first-order valence-electron chi connectivity index (χ1n) is 7.37. The number of aromatic nitrogens is 1. The minimum absolute atomic E-state index is 0.315. The van der Waals surface area contributed by atoms with Crippen LogP contribution in [-0.4, -0.2) is 19.1 Å². The number of nitrogens with one attached hydrogen (secondary N) is 1. The van der Waals surface area contributed by atoms with E-state index in [4.69, 9.17) is 9.40 Å². The maximum absolute atomic E-state index is 5.14. The molecule has 0 fully saturated rings. The zero-order valence-electron chi connectivity index (χ0n) is 13.1. The molecule has 1 aliphatic rings. The van der Waals surface area contributed by atoms with Crippen LogP contribution in [-0.2, 0) is 13.0 Å². The number of hydrogen-bond donors (Lipinski definition) is 1. The normalized spacial score (nSPS) is 20.3. The summed E-state index contributed by atoms with van der Waals surface area (Å²) >= 11 is 1.82. The average molecular weight is 305 g/mol. The van der Waals surface area contributed by atoms with Crippen molar-refractivity contribution in [2.24, 2.45) is 5.41 Å². The Labute approximate surface area is 130 Å². The van der Waals surface area contributed by atoms with Gasteiger partial charge in [-0.2, -0.15) is 0 Å². The molecule has 1 unspecified atom stereocenters. The van der Waals surface area contributed by atoms with Crippen LogP contribution in [0.3, 0.4) is 0 Å². The van der Waals surface area contributed by atoms with Gasteiger partial charge in [-0.15, -0.1) is 0 Å². The zero-order valence-corrected chi connectivity index (χ0v) is 14.0. The molecule has 2 aromatic heterocycles. The van der Waals surface area contributed by atoms with Gasteiger partial charge in [0.05, 0.1) is 18.2 Å². The molecule has 114 valence electrons. The summed E-state index contributed by atoms with van der Waals surface area (Å²) in [7, 11) is 4.14. The van der Waals surface area contributed by atoms with Crippen molar-refractivity contribution in [3.63, 3.8) is 0 Å². The molecule has 1 aliphatic carbocycles. The van der Waals surface area contributed by atoms with Crippen LogP contribution in [0.2, 0.25) is 0 Å². The van der Waals surface area contributed by atoms with Gasteiger partial charge in [0.25, 0.3) is 0 Å². The lowest BCUT2D eigenvalue weighted by Crippen LogP contribution is -2.30. The molecular weight excluding hydrogens is 282 g/mol. The number of hydrogen-bond acceptors (Lipinski definition) is 5. The number of furan rings is 1. The Balaban J connectivity index is 1.84. The standard InChI is InChI=1S/C16H23N3OS/c1-16(2)7-12(17-3)14-13(8-16)18-15(21-14)19(4)9-11-5-6-20-10-11/h5-6,10,12,17H,7-9H2,1-4H3. The molecule has 1 N–H and O–H groups in total. The topological polar surface area (TPSA) is 41.3 Å². The minimum Gasteiger partial charge on any atom is -0.472 e. The highest BCUT2D eigenvalue weighted by Gasteiger charge is 2.34. The highest BCUT2D eigenvalue weighted by molar-refractivity contribution is 7.15. The van der Waals surface area contributed by atoms with Crippen LogP contribution < -0.4 is 10.2 Å². The summed E-state index contributed by atoms with van der Waals surface area (Å²) in [4.78, 5) is 8.51. The van der Waals surface area contributed by atoms with Gasteiger partial charge in [0, 0.05) is 30.1 Å². The van der Waals surface area contributed by atoms with E-state index in [0.717, 1.165) is 18.1 Å². The van der Waals surface area contributed by atoms with Crippen molar-refractivity contribution in [2.75, 3.05) is 19.0 Å². The lowest BCUT2D eigenvalue weighted by molar-refractivity contribution is 0.265. The van der Waals surface area contributed by atoms with Crippen LogP contribution in [0.15, 0.2) is 23.0 Å². The van der Waals surface area contributed by atoms with Crippen LogP contribution in [0.25, 0.3) is 0 Å². The van der Waals surface area contributed by atoms with Crippen LogP contribution in [0.1, 0.15) is 42.4 Å². The molecule has 3 rings (SSSR count). The van der Waals surface area contributed by atoms with Crippen LogP contribution in [0.4, 0.5) is 5.13 Å². The maximum atomic E-state index is 5.14. The monoisotopic (exact) mass is 305 g/mol. The molecular formula is C16H23N3OS. The van der Waals surface area contributed by atoms with E-state index in [9.17, 15) is 0 Å². The molecule has 0 saturated heterocycles. The molecule has 0 aromatic carbocycles. The molecule has 0 aliphatic heterocycles. The molecule has 0 amide bonds. The van der Waals surface area contributed by atoms with Crippen molar-refractivity contribution in [1.29, 1.82) is 0 Å². The van der Waals surface area contributed by atoms with E-state index in [1.54, 1.807) is 12.5 Å². The highest BCUT2D eigenvalue weighted by Crippen LogP contribution is 2.44. The zero-order chi connectivity index (χ0) is 15.0. The van der Waals surface area contributed by atoms with E-state index in [-0.39, 0.29) is 0 Å². The van der Waals surface area contributed by atoms with Gasteiger partial charge >= 0.3 is 0 Å². The summed E-state index contributed by atoms with van der Waals surface area (Å²) in [6.45, 7) is 5.49. The fourth-order valence-corrected chi connectivity index (χ4v) is 4.19. The van der Waals surface area contributed by atoms with Gasteiger partial charge in [-0.3, -0.25) is 0 Å². The lowest BCUT2D eigenvalue weighted by Gasteiger charge is -2.34. The first-order valence-corrected chi connectivity index (χ1v) is 8.19. The van der Waals surface area contributed by atoms with E-state index in [1.165, 1.54) is 22.6 Å². The van der Waals surface area contributed by atoms with E-state index in [0.29, 0.717) is 11.5 Å². The first kappa shape index (κ1) is 14.6. The summed E-state index contributed by atoms with van der Waals surface area (Å²) in [5, 5.41) is 4.55. The minimum atomic E-state index is 0.315. The largest absolute Gasteiger partial charge is 0.472 e. The second-order valence-corrected chi connectivity index (χ2v) is 7.69. The van der Waals surface area contributed by atoms with Crippen molar-refractivity contribution in [3.05, 3.63) is 34.7 Å². The van der Waals surface area contributed by atoms with Crippen molar-refractivity contribution < 1.29 is 4.42 Å². The Morgan fingerprint density at radius 3 is 3.00 bits per heavy atom. The third-order valence-corrected chi connectivity index (χ3v) is 5.44. The highest BCUT2D eigenvalue weighted by atomic mass is 32.1. The Kier molecular flexibility index (Phi) is 3.80. The smallest absolute Gasteiger partial charge is 0.185 e. The molecule has 0 bridgehead atoms. The fourth-order valence-electron chi connectivity index (χ4n) is 3.04. The predicted octanol–water partition coefficient (Wildman–Crippen LogP) is 3.61. The average Bonchev–Trinajstić information content (AvgIpc) is 3.05. The van der Waals surface area contributed by atoms with Crippen molar-refractivity contribution in [1.82, 2.24) is 10.3 Å². The van der Waals surface area contributed by atoms with Gasteiger partial charge in [-0.1, -0.05) is 25.2 Å². The Hall–Kier alpha value is -1.33. The third kappa shape index (κ3) is 2.99. The van der Waals surface area contributed by atoms with Gasteiger partial charge in [-0.25, -0.2) is 4.98 Å². The first-order chi connectivity index (χ1) is 9.98. The molecule has 0 spiro atoms. The molecule has 2 aromatic rings. The van der Waals surface area contributed by atoms with E-state index in [2.05, 4.69) is 31.1 Å². The Bertz CT molecular complexity index is 603. The van der Waals surface area contributed by atoms with Gasteiger partial charge < -0.3 is 14.6 Å². The number of rotatable bonds is 4. The molecule has 21 heavy (non-hydrogen) atoms. The molecule has 1 atom stereocenters. The Morgan fingerprint density at radius 1 is 1.52 bits per heavy atom. The lowest BCUT2D eigenvalue weighted by atomic mass is 9.76. The summed E-state index contributed by atoms with van der Waals surface area (Å²) in [5.74, 6) is 0. The number of anilines is 1. The van der Waals surface area contributed by atoms with Gasteiger partial charge in [0.1, 0.15) is 0 Å². The van der Waals surface area contributed by atoms with E-state index < -0.39 is 0 Å². The molecule has 2 heterocycles. The second kappa shape index (κ2) is 5.46. The molecule has 0 saturated carbocycles. The van der Waals surface area contributed by atoms with Gasteiger partial charge in [0.15, 0.2) is 5.13 Å². The number of fused-ring (bicyclic) bond motifs is 1. The summed E-state index contributed by atoms with van der Waals surface area (Å²) < 4.78 is 5.14. The SMILES string of the molecule is CNC1CC(C)(C)Cc2nc(N(C)Cc3ccoc3)sc21. The second-order valence-electron chi connectivity index (χ2n) is 6.68.